The minimum Gasteiger partial charge on any atom is -0.431 e. The summed E-state index contributed by atoms with van der Waals surface area (Å²) < 4.78 is 5.64. The molecular weight excluding hydrogens is 274 g/mol. The summed E-state index contributed by atoms with van der Waals surface area (Å²) >= 11 is 1.32. The second kappa shape index (κ2) is 5.38. The summed E-state index contributed by atoms with van der Waals surface area (Å²) in [6.07, 6.45) is 0. The predicted molar refractivity (Wildman–Crippen MR) is 78.7 cm³/mol. The van der Waals surface area contributed by atoms with E-state index < -0.39 is 0 Å². The Morgan fingerprint density at radius 1 is 1.25 bits per heavy atom. The van der Waals surface area contributed by atoms with E-state index in [1.165, 1.54) is 11.8 Å². The summed E-state index contributed by atoms with van der Waals surface area (Å²) in [7, 11) is 0. The molecule has 0 saturated heterocycles. The zero-order valence-corrected chi connectivity index (χ0v) is 11.6. The van der Waals surface area contributed by atoms with Gasteiger partial charge in [0.25, 0.3) is 5.22 Å². The molecule has 0 aliphatic rings. The van der Waals surface area contributed by atoms with Crippen molar-refractivity contribution in [1.29, 1.82) is 0 Å². The van der Waals surface area contributed by atoms with Gasteiger partial charge in [0.2, 0.25) is 5.95 Å². The number of oxazole rings is 1. The Balaban J connectivity index is 1.90. The molecule has 3 rings (SSSR count). The third kappa shape index (κ3) is 2.67. The lowest BCUT2D eigenvalue weighted by atomic mass is 10.3. The molecule has 0 radical (unpaired) electrons. The smallest absolute Gasteiger partial charge is 0.263 e. The second-order valence-electron chi connectivity index (χ2n) is 4.03. The molecule has 0 unspecified atom stereocenters. The first-order chi connectivity index (χ1) is 9.74. The van der Waals surface area contributed by atoms with Gasteiger partial charge in [0.05, 0.1) is 0 Å². The molecule has 102 valence electrons. The van der Waals surface area contributed by atoms with Crippen LogP contribution in [0, 0.1) is 0 Å². The van der Waals surface area contributed by atoms with Crippen LogP contribution in [-0.2, 0) is 0 Å². The first-order valence-electron chi connectivity index (χ1n) is 6.16. The van der Waals surface area contributed by atoms with Gasteiger partial charge in [-0.25, -0.2) is 9.97 Å². The van der Waals surface area contributed by atoms with Crippen LogP contribution in [0.15, 0.2) is 45.0 Å². The fourth-order valence-electron chi connectivity index (χ4n) is 1.75. The summed E-state index contributed by atoms with van der Waals surface area (Å²) in [5, 5.41) is 4.33. The molecule has 2 heterocycles. The number of nitrogens with one attached hydrogen (secondary N) is 1. The van der Waals surface area contributed by atoms with Crippen molar-refractivity contribution in [3.8, 4) is 0 Å². The highest BCUT2D eigenvalue weighted by molar-refractivity contribution is 7.99. The van der Waals surface area contributed by atoms with Crippen LogP contribution in [0.1, 0.15) is 6.92 Å². The van der Waals surface area contributed by atoms with Crippen molar-refractivity contribution in [2.75, 3.05) is 17.6 Å². The van der Waals surface area contributed by atoms with Gasteiger partial charge >= 0.3 is 0 Å². The predicted octanol–water partition coefficient (Wildman–Crippen LogP) is 2.78. The second-order valence-corrected chi connectivity index (χ2v) is 5.00. The zero-order valence-electron chi connectivity index (χ0n) is 10.8. The number of hydrogen-bond acceptors (Lipinski definition) is 7. The molecule has 0 saturated carbocycles. The molecule has 0 spiro atoms. The summed E-state index contributed by atoms with van der Waals surface area (Å²) in [6.45, 7) is 2.76. The molecule has 3 aromatic rings. The standard InChI is InChI=1S/C13H13N5OS/c1-2-15-10-7-11(18-12(14)17-10)20-13-16-8-5-3-4-6-9(8)19-13/h3-7H,2H2,1H3,(H3,14,15,17,18). The Bertz CT molecular complexity index is 709. The first-order valence-corrected chi connectivity index (χ1v) is 6.98. The van der Waals surface area contributed by atoms with Gasteiger partial charge < -0.3 is 15.5 Å². The first kappa shape index (κ1) is 12.7. The number of nitrogen functional groups attached to an aromatic ring is 1. The van der Waals surface area contributed by atoms with Crippen LogP contribution in [0.2, 0.25) is 0 Å². The van der Waals surface area contributed by atoms with Gasteiger partial charge in [0.1, 0.15) is 16.4 Å². The number of fused-ring (bicyclic) bond motifs is 1. The number of hydrogen-bond donors (Lipinski definition) is 2. The number of aromatic nitrogens is 3. The van der Waals surface area contributed by atoms with Gasteiger partial charge in [0.15, 0.2) is 5.58 Å². The van der Waals surface area contributed by atoms with Crippen LogP contribution in [0.25, 0.3) is 11.1 Å². The highest BCUT2D eigenvalue weighted by atomic mass is 32.2. The summed E-state index contributed by atoms with van der Waals surface area (Å²) in [5.74, 6) is 0.917. The molecule has 0 amide bonds. The highest BCUT2D eigenvalue weighted by Gasteiger charge is 2.10. The van der Waals surface area contributed by atoms with Crippen LogP contribution in [0.4, 0.5) is 11.8 Å². The van der Waals surface area contributed by atoms with Crippen molar-refractivity contribution in [3.05, 3.63) is 30.3 Å². The fourth-order valence-corrected chi connectivity index (χ4v) is 2.52. The lowest BCUT2D eigenvalue weighted by molar-refractivity contribution is 0.489. The maximum absolute atomic E-state index is 5.69. The van der Waals surface area contributed by atoms with Crippen LogP contribution in [-0.4, -0.2) is 21.5 Å². The van der Waals surface area contributed by atoms with E-state index >= 15 is 0 Å². The molecule has 1 aromatic carbocycles. The van der Waals surface area contributed by atoms with Gasteiger partial charge in [-0.2, -0.15) is 4.98 Å². The molecule has 0 atom stereocenters. The van der Waals surface area contributed by atoms with E-state index in [9.17, 15) is 0 Å². The van der Waals surface area contributed by atoms with Crippen LogP contribution < -0.4 is 11.1 Å². The summed E-state index contributed by atoms with van der Waals surface area (Å²) in [6, 6.07) is 9.44. The summed E-state index contributed by atoms with van der Waals surface area (Å²) in [4.78, 5) is 12.7. The SMILES string of the molecule is CCNc1cc(Sc2nc3ccccc3o2)nc(N)n1. The molecule has 6 nitrogen and oxygen atoms in total. The van der Waals surface area contributed by atoms with Gasteiger partial charge in [-0.3, -0.25) is 0 Å². The summed E-state index contributed by atoms with van der Waals surface area (Å²) in [5.41, 5.74) is 7.27. The van der Waals surface area contributed by atoms with Gasteiger partial charge in [0, 0.05) is 12.6 Å². The van der Waals surface area contributed by atoms with E-state index in [1.807, 2.05) is 37.3 Å². The molecule has 0 fully saturated rings. The average Bonchev–Trinajstić information content (AvgIpc) is 2.80. The largest absolute Gasteiger partial charge is 0.431 e. The van der Waals surface area contributed by atoms with E-state index in [4.69, 9.17) is 10.2 Å². The fraction of sp³-hybridized carbons (Fsp3) is 0.154. The van der Waals surface area contributed by atoms with Gasteiger partial charge in [-0.05, 0) is 30.8 Å². The lowest BCUT2D eigenvalue weighted by Crippen LogP contribution is -2.03. The number of benzene rings is 1. The number of nitrogens with two attached hydrogens (primary N) is 1. The Morgan fingerprint density at radius 2 is 2.10 bits per heavy atom. The highest BCUT2D eigenvalue weighted by Crippen LogP contribution is 2.29. The lowest BCUT2D eigenvalue weighted by Gasteiger charge is -2.04. The van der Waals surface area contributed by atoms with Gasteiger partial charge in [-0.15, -0.1) is 0 Å². The van der Waals surface area contributed by atoms with Crippen molar-refractivity contribution >= 4 is 34.6 Å². The third-order valence-corrected chi connectivity index (χ3v) is 3.31. The normalized spacial score (nSPS) is 10.8. The molecule has 7 heteroatoms. The average molecular weight is 287 g/mol. The zero-order chi connectivity index (χ0) is 13.9. The van der Waals surface area contributed by atoms with E-state index in [-0.39, 0.29) is 5.95 Å². The number of rotatable bonds is 4. The number of anilines is 2. The Hall–Kier alpha value is -2.28. The van der Waals surface area contributed by atoms with Crippen LogP contribution in [0.3, 0.4) is 0 Å². The molecule has 0 bridgehead atoms. The monoisotopic (exact) mass is 287 g/mol. The topological polar surface area (TPSA) is 89.9 Å². The van der Waals surface area contributed by atoms with E-state index in [0.717, 1.165) is 17.6 Å². The minimum atomic E-state index is 0.224. The maximum Gasteiger partial charge on any atom is 0.263 e. The van der Waals surface area contributed by atoms with Crippen molar-refractivity contribution in [2.45, 2.75) is 17.2 Å². The van der Waals surface area contributed by atoms with Crippen molar-refractivity contribution < 1.29 is 4.42 Å². The van der Waals surface area contributed by atoms with E-state index in [1.54, 1.807) is 0 Å². The van der Waals surface area contributed by atoms with E-state index in [0.29, 0.717) is 16.1 Å². The molecule has 20 heavy (non-hydrogen) atoms. The Labute approximate surface area is 119 Å². The Morgan fingerprint density at radius 3 is 2.90 bits per heavy atom. The molecular formula is C13H13N5OS. The Kier molecular flexibility index (Phi) is 3.42. The number of nitrogens with zero attached hydrogens (tertiary/aromatic N) is 3. The molecule has 3 N–H and O–H groups in total. The third-order valence-electron chi connectivity index (χ3n) is 2.54. The van der Waals surface area contributed by atoms with E-state index in [2.05, 4.69) is 20.3 Å². The van der Waals surface area contributed by atoms with Crippen LogP contribution >= 0.6 is 11.8 Å². The van der Waals surface area contributed by atoms with Crippen LogP contribution in [0.5, 0.6) is 0 Å². The van der Waals surface area contributed by atoms with Crippen molar-refractivity contribution in [3.63, 3.8) is 0 Å². The molecule has 2 aromatic heterocycles. The molecule has 0 aliphatic heterocycles. The van der Waals surface area contributed by atoms with Crippen molar-refractivity contribution in [2.24, 2.45) is 0 Å². The minimum absolute atomic E-state index is 0.224. The van der Waals surface area contributed by atoms with Gasteiger partial charge in [-0.1, -0.05) is 12.1 Å². The number of para-hydroxylation sites is 2. The molecule has 0 aliphatic carbocycles. The maximum atomic E-state index is 5.69. The van der Waals surface area contributed by atoms with Crippen molar-refractivity contribution in [1.82, 2.24) is 15.0 Å². The quantitative estimate of drug-likeness (QED) is 0.713.